The Bertz CT molecular complexity index is 1030. The van der Waals surface area contributed by atoms with Crippen molar-refractivity contribution in [3.8, 4) is 0 Å². The molecular weight excluding hydrogens is 450 g/mol. The normalized spacial score (nSPS) is 31.8. The lowest BCUT2D eigenvalue weighted by molar-refractivity contribution is -0.00706. The number of sulfonamides is 1. The Kier molecular flexibility index (Phi) is 5.69. The summed E-state index contributed by atoms with van der Waals surface area (Å²) in [6.45, 7) is 3.05. The van der Waals surface area contributed by atoms with E-state index < -0.39 is 10.0 Å². The van der Waals surface area contributed by atoms with E-state index >= 15 is 0 Å². The molecule has 2 unspecified atom stereocenters. The molecule has 7 nitrogen and oxygen atoms in total. The van der Waals surface area contributed by atoms with Crippen LogP contribution in [0.4, 0.5) is 4.79 Å². The predicted molar refractivity (Wildman–Crippen MR) is 130 cm³/mol. The number of carbonyl (C=O) groups excluding carboxylic acids is 1. The van der Waals surface area contributed by atoms with Crippen LogP contribution in [0.5, 0.6) is 0 Å². The number of nitrogens with zero attached hydrogens (tertiary/aromatic N) is 3. The molecule has 8 heteroatoms. The van der Waals surface area contributed by atoms with Crippen LogP contribution in [-0.2, 0) is 26.7 Å². The SMILES string of the molecule is CS(=O)(=O)N1Cc2ccccc2C2(CCN(C3CC4CCC(C3)N4C(=O)OC3CCC3)CC2)C1. The Labute approximate surface area is 203 Å². The van der Waals surface area contributed by atoms with E-state index in [1.165, 1.54) is 18.2 Å². The fourth-order valence-corrected chi connectivity index (χ4v) is 8.12. The van der Waals surface area contributed by atoms with Crippen molar-refractivity contribution in [2.24, 2.45) is 0 Å². The molecule has 6 rings (SSSR count). The van der Waals surface area contributed by atoms with E-state index in [1.807, 2.05) is 6.07 Å². The number of benzene rings is 1. The highest BCUT2D eigenvalue weighted by molar-refractivity contribution is 7.88. The van der Waals surface area contributed by atoms with Gasteiger partial charge in [0.05, 0.1) is 6.26 Å². The number of piperidine rings is 2. The highest BCUT2D eigenvalue weighted by Crippen LogP contribution is 2.45. The fraction of sp³-hybridized carbons (Fsp3) is 0.731. The van der Waals surface area contributed by atoms with Crippen molar-refractivity contribution < 1.29 is 17.9 Å². The van der Waals surface area contributed by atoms with Crippen LogP contribution in [0.15, 0.2) is 24.3 Å². The molecule has 4 aliphatic heterocycles. The van der Waals surface area contributed by atoms with Gasteiger partial charge < -0.3 is 14.5 Å². The first-order valence-corrected chi connectivity index (χ1v) is 14.9. The number of carbonyl (C=O) groups is 1. The first kappa shape index (κ1) is 22.8. The van der Waals surface area contributed by atoms with Crippen LogP contribution >= 0.6 is 0 Å². The van der Waals surface area contributed by atoms with Crippen LogP contribution in [0, 0.1) is 0 Å². The van der Waals surface area contributed by atoms with E-state index in [-0.39, 0.29) is 17.6 Å². The molecule has 2 atom stereocenters. The molecule has 1 aromatic carbocycles. The van der Waals surface area contributed by atoms with Crippen LogP contribution in [0.2, 0.25) is 0 Å². The maximum Gasteiger partial charge on any atom is 0.410 e. The summed E-state index contributed by atoms with van der Waals surface area (Å²) < 4.78 is 32.4. The van der Waals surface area contributed by atoms with Crippen molar-refractivity contribution in [2.45, 2.75) is 94.0 Å². The molecule has 186 valence electrons. The van der Waals surface area contributed by atoms with Crippen molar-refractivity contribution in [2.75, 3.05) is 25.9 Å². The molecule has 1 amide bonds. The zero-order chi connectivity index (χ0) is 23.5. The molecule has 5 aliphatic rings. The maximum absolute atomic E-state index is 12.8. The second-order valence-electron chi connectivity index (χ2n) is 11.4. The number of rotatable bonds is 3. The zero-order valence-corrected chi connectivity index (χ0v) is 21.0. The van der Waals surface area contributed by atoms with E-state index in [1.54, 1.807) is 4.31 Å². The average molecular weight is 488 g/mol. The monoisotopic (exact) mass is 487 g/mol. The minimum absolute atomic E-state index is 0.0760. The van der Waals surface area contributed by atoms with Crippen LogP contribution in [0.3, 0.4) is 0 Å². The Morgan fingerprint density at radius 3 is 2.29 bits per heavy atom. The molecule has 1 saturated carbocycles. The molecule has 0 radical (unpaired) electrons. The van der Waals surface area contributed by atoms with Crippen molar-refractivity contribution >= 4 is 16.1 Å². The van der Waals surface area contributed by atoms with Crippen LogP contribution in [0.25, 0.3) is 0 Å². The van der Waals surface area contributed by atoms with Gasteiger partial charge in [-0.3, -0.25) is 0 Å². The van der Waals surface area contributed by atoms with Gasteiger partial charge in [-0.1, -0.05) is 24.3 Å². The number of likely N-dealkylation sites (tertiary alicyclic amines) is 1. The predicted octanol–water partition coefficient (Wildman–Crippen LogP) is 3.48. The lowest BCUT2D eigenvalue weighted by atomic mass is 9.69. The van der Waals surface area contributed by atoms with Gasteiger partial charge in [-0.15, -0.1) is 0 Å². The van der Waals surface area contributed by atoms with E-state index in [2.05, 4.69) is 28.0 Å². The third-order valence-electron chi connectivity index (χ3n) is 9.39. The highest BCUT2D eigenvalue weighted by Gasteiger charge is 2.49. The fourth-order valence-electron chi connectivity index (χ4n) is 7.26. The van der Waals surface area contributed by atoms with Crippen molar-refractivity contribution in [3.05, 3.63) is 35.4 Å². The summed E-state index contributed by atoms with van der Waals surface area (Å²) in [5.74, 6) is 0. The second-order valence-corrected chi connectivity index (χ2v) is 13.3. The van der Waals surface area contributed by atoms with Gasteiger partial charge in [0.15, 0.2) is 0 Å². The van der Waals surface area contributed by atoms with Gasteiger partial charge in [0, 0.05) is 36.6 Å². The molecule has 1 spiro atoms. The van der Waals surface area contributed by atoms with Gasteiger partial charge in [0.25, 0.3) is 0 Å². The third-order valence-corrected chi connectivity index (χ3v) is 10.6. The molecule has 0 aromatic heterocycles. The number of hydrogen-bond acceptors (Lipinski definition) is 5. The van der Waals surface area contributed by atoms with Crippen LogP contribution in [-0.4, -0.2) is 78.7 Å². The highest BCUT2D eigenvalue weighted by atomic mass is 32.2. The Morgan fingerprint density at radius 2 is 1.68 bits per heavy atom. The molecule has 2 bridgehead atoms. The average Bonchev–Trinajstić information content (AvgIpc) is 3.05. The summed E-state index contributed by atoms with van der Waals surface area (Å²) in [4.78, 5) is 17.5. The summed E-state index contributed by atoms with van der Waals surface area (Å²) in [5, 5.41) is 0. The number of fused-ring (bicyclic) bond motifs is 4. The summed E-state index contributed by atoms with van der Waals surface area (Å²) in [7, 11) is -3.23. The van der Waals surface area contributed by atoms with Gasteiger partial charge >= 0.3 is 6.09 Å². The van der Waals surface area contributed by atoms with Gasteiger partial charge in [0.1, 0.15) is 6.10 Å². The van der Waals surface area contributed by atoms with Gasteiger partial charge in [-0.2, -0.15) is 4.31 Å². The van der Waals surface area contributed by atoms with Gasteiger partial charge in [-0.05, 0) is 82.0 Å². The van der Waals surface area contributed by atoms with E-state index in [9.17, 15) is 13.2 Å². The summed E-state index contributed by atoms with van der Waals surface area (Å²) in [5.41, 5.74) is 2.41. The summed E-state index contributed by atoms with van der Waals surface area (Å²) in [6.07, 6.45) is 10.8. The molecule has 34 heavy (non-hydrogen) atoms. The third kappa shape index (κ3) is 3.95. The molecular formula is C26H37N3O4S. The van der Waals surface area contributed by atoms with E-state index in [4.69, 9.17) is 4.74 Å². The minimum Gasteiger partial charge on any atom is -0.446 e. The standard InChI is InChI=1S/C26H37N3O4S/c1-34(31,32)28-17-19-5-2-3-8-24(19)26(18-28)11-13-27(14-12-26)22-15-20-9-10-21(16-22)29(20)25(30)33-23-6-4-7-23/h2-3,5,8,20-23H,4,6-7,9-18H2,1H3. The Hall–Kier alpha value is -1.64. The summed E-state index contributed by atoms with van der Waals surface area (Å²) in [6, 6.07) is 9.55. The number of ether oxygens (including phenoxy) is 1. The van der Waals surface area contributed by atoms with Crippen LogP contribution in [0.1, 0.15) is 68.9 Å². The quantitative estimate of drug-likeness (QED) is 0.653. The number of amides is 1. The minimum atomic E-state index is -3.23. The molecule has 3 saturated heterocycles. The van der Waals surface area contributed by atoms with E-state index in [0.29, 0.717) is 31.2 Å². The van der Waals surface area contributed by atoms with Crippen molar-refractivity contribution in [3.63, 3.8) is 0 Å². The number of hydrogen-bond donors (Lipinski definition) is 0. The molecule has 1 aliphatic carbocycles. The second kappa shape index (κ2) is 8.49. The van der Waals surface area contributed by atoms with Gasteiger partial charge in [0.2, 0.25) is 10.0 Å². The smallest absolute Gasteiger partial charge is 0.410 e. The van der Waals surface area contributed by atoms with E-state index in [0.717, 1.165) is 70.0 Å². The lowest BCUT2D eigenvalue weighted by Gasteiger charge is -2.51. The van der Waals surface area contributed by atoms with Crippen LogP contribution < -0.4 is 0 Å². The van der Waals surface area contributed by atoms with Gasteiger partial charge in [-0.25, -0.2) is 13.2 Å². The topological polar surface area (TPSA) is 70.2 Å². The van der Waals surface area contributed by atoms with Crippen molar-refractivity contribution in [1.82, 2.24) is 14.1 Å². The first-order valence-electron chi connectivity index (χ1n) is 13.1. The maximum atomic E-state index is 12.8. The largest absolute Gasteiger partial charge is 0.446 e. The molecule has 0 N–H and O–H groups in total. The van der Waals surface area contributed by atoms with Crippen molar-refractivity contribution in [1.29, 1.82) is 0 Å². The first-order chi connectivity index (χ1) is 16.3. The Morgan fingerprint density at radius 1 is 1.00 bits per heavy atom. The molecule has 1 aromatic rings. The lowest BCUT2D eigenvalue weighted by Crippen LogP contribution is -2.57. The summed E-state index contributed by atoms with van der Waals surface area (Å²) >= 11 is 0. The Balaban J connectivity index is 1.14. The molecule has 4 fully saturated rings. The zero-order valence-electron chi connectivity index (χ0n) is 20.2. The molecule has 4 heterocycles.